The SMILES string of the molecule is O=[N+]([O-])c1ccc(-c2nc(CO)cs2)o1. The van der Waals surface area contributed by atoms with Crippen molar-refractivity contribution in [2.24, 2.45) is 0 Å². The van der Waals surface area contributed by atoms with Gasteiger partial charge in [-0.1, -0.05) is 0 Å². The van der Waals surface area contributed by atoms with Crippen molar-refractivity contribution in [3.63, 3.8) is 0 Å². The normalized spacial score (nSPS) is 10.5. The summed E-state index contributed by atoms with van der Waals surface area (Å²) in [5.74, 6) is 0.0251. The highest BCUT2D eigenvalue weighted by atomic mass is 32.1. The van der Waals surface area contributed by atoms with Gasteiger partial charge in [0.25, 0.3) is 0 Å². The molecule has 2 aromatic heterocycles. The molecule has 0 aliphatic rings. The minimum Gasteiger partial charge on any atom is -0.398 e. The third kappa shape index (κ3) is 1.88. The number of aliphatic hydroxyl groups is 1. The molecule has 1 N–H and O–H groups in total. The van der Waals surface area contributed by atoms with Crippen LogP contribution < -0.4 is 0 Å². The van der Waals surface area contributed by atoms with Gasteiger partial charge >= 0.3 is 5.88 Å². The summed E-state index contributed by atoms with van der Waals surface area (Å²) in [6.45, 7) is -0.153. The lowest BCUT2D eigenvalue weighted by atomic mass is 10.4. The molecule has 0 fully saturated rings. The topological polar surface area (TPSA) is 89.4 Å². The molecule has 0 aromatic carbocycles. The Bertz CT molecular complexity index is 490. The van der Waals surface area contributed by atoms with E-state index in [0.29, 0.717) is 16.5 Å². The zero-order valence-corrected chi connectivity index (χ0v) is 8.23. The second kappa shape index (κ2) is 3.79. The number of hydrogen-bond donors (Lipinski definition) is 1. The summed E-state index contributed by atoms with van der Waals surface area (Å²) in [6, 6.07) is 2.76. The van der Waals surface area contributed by atoms with Gasteiger partial charge in [-0.2, -0.15) is 0 Å². The van der Waals surface area contributed by atoms with Crippen LogP contribution in [0.25, 0.3) is 10.8 Å². The monoisotopic (exact) mass is 226 g/mol. The molecule has 0 atom stereocenters. The summed E-state index contributed by atoms with van der Waals surface area (Å²) in [6.07, 6.45) is 0. The molecule has 0 aliphatic heterocycles. The van der Waals surface area contributed by atoms with Crippen molar-refractivity contribution in [2.45, 2.75) is 6.61 Å². The molecule has 0 saturated heterocycles. The third-order valence-corrected chi connectivity index (χ3v) is 2.60. The maximum Gasteiger partial charge on any atom is 0.433 e. The van der Waals surface area contributed by atoms with Crippen molar-refractivity contribution in [1.29, 1.82) is 0 Å². The maximum atomic E-state index is 10.4. The lowest BCUT2D eigenvalue weighted by Gasteiger charge is -1.87. The lowest BCUT2D eigenvalue weighted by Crippen LogP contribution is -1.83. The molecule has 6 nitrogen and oxygen atoms in total. The van der Waals surface area contributed by atoms with E-state index >= 15 is 0 Å². The number of aliphatic hydroxyl groups excluding tert-OH is 1. The van der Waals surface area contributed by atoms with Crippen molar-refractivity contribution < 1.29 is 14.4 Å². The molecule has 0 bridgehead atoms. The second-order valence-electron chi connectivity index (χ2n) is 2.70. The van der Waals surface area contributed by atoms with Crippen molar-refractivity contribution in [1.82, 2.24) is 4.98 Å². The van der Waals surface area contributed by atoms with Gasteiger partial charge < -0.3 is 9.52 Å². The van der Waals surface area contributed by atoms with Crippen LogP contribution in [0.15, 0.2) is 21.9 Å². The Hall–Kier alpha value is -1.73. The highest BCUT2D eigenvalue weighted by molar-refractivity contribution is 7.13. The van der Waals surface area contributed by atoms with Crippen LogP contribution in [0.5, 0.6) is 0 Å². The van der Waals surface area contributed by atoms with Crippen LogP contribution in [0.3, 0.4) is 0 Å². The zero-order valence-electron chi connectivity index (χ0n) is 7.41. The van der Waals surface area contributed by atoms with E-state index < -0.39 is 4.92 Å². The highest BCUT2D eigenvalue weighted by Gasteiger charge is 2.15. The third-order valence-electron chi connectivity index (χ3n) is 1.70. The van der Waals surface area contributed by atoms with E-state index in [9.17, 15) is 10.1 Å². The smallest absolute Gasteiger partial charge is 0.398 e. The van der Waals surface area contributed by atoms with Gasteiger partial charge in [0.2, 0.25) is 0 Å². The molecule has 7 heteroatoms. The first-order chi connectivity index (χ1) is 7.20. The molecule has 2 heterocycles. The largest absolute Gasteiger partial charge is 0.433 e. The Morgan fingerprint density at radius 1 is 1.60 bits per heavy atom. The van der Waals surface area contributed by atoms with Crippen LogP contribution in [0.4, 0.5) is 5.88 Å². The molecular weight excluding hydrogens is 220 g/mol. The quantitative estimate of drug-likeness (QED) is 0.636. The molecule has 0 aliphatic carbocycles. The Labute approximate surface area is 88.0 Å². The first kappa shape index (κ1) is 9.81. The van der Waals surface area contributed by atoms with Gasteiger partial charge in [0, 0.05) is 5.38 Å². The van der Waals surface area contributed by atoms with Crippen LogP contribution in [0, 0.1) is 10.1 Å². The summed E-state index contributed by atoms with van der Waals surface area (Å²) in [5.41, 5.74) is 0.522. The molecule has 78 valence electrons. The first-order valence-corrected chi connectivity index (χ1v) is 4.88. The van der Waals surface area contributed by atoms with Crippen LogP contribution >= 0.6 is 11.3 Å². The van der Waals surface area contributed by atoms with Crippen molar-refractivity contribution >= 4 is 17.2 Å². The summed E-state index contributed by atoms with van der Waals surface area (Å²) in [7, 11) is 0. The van der Waals surface area contributed by atoms with Crippen LogP contribution in [-0.2, 0) is 6.61 Å². The highest BCUT2D eigenvalue weighted by Crippen LogP contribution is 2.28. The van der Waals surface area contributed by atoms with Crippen LogP contribution in [0.1, 0.15) is 5.69 Å². The molecule has 0 saturated carbocycles. The number of furan rings is 1. The van der Waals surface area contributed by atoms with Crippen LogP contribution in [0.2, 0.25) is 0 Å². The Morgan fingerprint density at radius 2 is 2.40 bits per heavy atom. The molecule has 0 unspecified atom stereocenters. The number of thiazole rings is 1. The van der Waals surface area contributed by atoms with E-state index in [4.69, 9.17) is 9.52 Å². The average Bonchev–Trinajstić information content (AvgIpc) is 2.86. The predicted octanol–water partition coefficient (Wildman–Crippen LogP) is 1.80. The summed E-state index contributed by atoms with van der Waals surface area (Å²) in [4.78, 5) is 13.8. The van der Waals surface area contributed by atoms with Crippen molar-refractivity contribution in [3.8, 4) is 10.8 Å². The van der Waals surface area contributed by atoms with E-state index in [1.54, 1.807) is 5.38 Å². The van der Waals surface area contributed by atoms with Gasteiger partial charge in [-0.25, -0.2) is 4.98 Å². The average molecular weight is 226 g/mol. The fourth-order valence-corrected chi connectivity index (χ4v) is 1.80. The molecule has 0 amide bonds. The molecule has 0 spiro atoms. The van der Waals surface area contributed by atoms with Gasteiger partial charge in [-0.15, -0.1) is 11.3 Å². The van der Waals surface area contributed by atoms with Crippen LogP contribution in [-0.4, -0.2) is 15.0 Å². The van der Waals surface area contributed by atoms with E-state index in [0.717, 1.165) is 0 Å². The van der Waals surface area contributed by atoms with E-state index in [1.165, 1.54) is 23.5 Å². The van der Waals surface area contributed by atoms with E-state index in [2.05, 4.69) is 4.98 Å². The van der Waals surface area contributed by atoms with Gasteiger partial charge in [-0.3, -0.25) is 10.1 Å². The minimum absolute atomic E-state index is 0.153. The molecule has 0 radical (unpaired) electrons. The maximum absolute atomic E-state index is 10.4. The number of aromatic nitrogens is 1. The summed E-state index contributed by atoms with van der Waals surface area (Å²) < 4.78 is 4.96. The second-order valence-corrected chi connectivity index (χ2v) is 3.56. The standard InChI is InChI=1S/C8H6N2O4S/c11-3-5-4-15-8(9-5)6-1-2-7(14-6)10(12)13/h1-2,4,11H,3H2. The number of nitro groups is 1. The molecule has 2 aromatic rings. The van der Waals surface area contributed by atoms with Gasteiger partial charge in [0.05, 0.1) is 18.4 Å². The zero-order chi connectivity index (χ0) is 10.8. The fraction of sp³-hybridized carbons (Fsp3) is 0.125. The fourth-order valence-electron chi connectivity index (χ4n) is 1.03. The van der Waals surface area contributed by atoms with Gasteiger partial charge in [0.15, 0.2) is 10.8 Å². The number of nitrogens with zero attached hydrogens (tertiary/aromatic N) is 2. The van der Waals surface area contributed by atoms with Gasteiger partial charge in [-0.05, 0) is 6.07 Å². The minimum atomic E-state index is -0.607. The van der Waals surface area contributed by atoms with E-state index in [-0.39, 0.29) is 12.5 Å². The lowest BCUT2D eigenvalue weighted by molar-refractivity contribution is -0.401. The Balaban J connectivity index is 2.32. The molecule has 2 rings (SSSR count). The summed E-state index contributed by atoms with van der Waals surface area (Å²) >= 11 is 1.26. The number of hydrogen-bond acceptors (Lipinski definition) is 6. The molecule has 15 heavy (non-hydrogen) atoms. The van der Waals surface area contributed by atoms with E-state index in [1.807, 2.05) is 0 Å². The summed E-state index contributed by atoms with van der Waals surface area (Å²) in [5, 5.41) is 21.3. The van der Waals surface area contributed by atoms with Crippen molar-refractivity contribution in [3.05, 3.63) is 33.3 Å². The first-order valence-electron chi connectivity index (χ1n) is 4.00. The Morgan fingerprint density at radius 3 is 2.93 bits per heavy atom. The molecular formula is C8H6N2O4S. The van der Waals surface area contributed by atoms with Crippen molar-refractivity contribution in [2.75, 3.05) is 0 Å². The Kier molecular flexibility index (Phi) is 2.48. The number of rotatable bonds is 3. The predicted molar refractivity (Wildman–Crippen MR) is 52.4 cm³/mol. The van der Waals surface area contributed by atoms with Gasteiger partial charge in [0.1, 0.15) is 4.92 Å².